The molecule has 15 heavy (non-hydrogen) atoms. The third kappa shape index (κ3) is 2.68. The molecular formula is C11H14O4. The van der Waals surface area contributed by atoms with E-state index >= 15 is 0 Å². The van der Waals surface area contributed by atoms with Gasteiger partial charge in [0.1, 0.15) is 5.41 Å². The lowest BCUT2D eigenvalue weighted by molar-refractivity contribution is -0.145. The Balaban J connectivity index is 2.70. The van der Waals surface area contributed by atoms with Crippen LogP contribution in [-0.2, 0) is 14.3 Å². The van der Waals surface area contributed by atoms with Crippen molar-refractivity contribution < 1.29 is 19.4 Å². The molecule has 82 valence electrons. The molecule has 0 saturated carbocycles. The van der Waals surface area contributed by atoms with Crippen LogP contribution in [-0.4, -0.2) is 24.2 Å². The molecule has 0 heterocycles. The zero-order chi connectivity index (χ0) is 11.3. The molecule has 0 amide bonds. The molecule has 1 rings (SSSR count). The second-order valence-electron chi connectivity index (χ2n) is 3.46. The van der Waals surface area contributed by atoms with Crippen molar-refractivity contribution in [2.24, 2.45) is 5.41 Å². The first-order valence-corrected chi connectivity index (χ1v) is 4.76. The fourth-order valence-corrected chi connectivity index (χ4v) is 1.52. The number of ether oxygens (including phenoxy) is 1. The van der Waals surface area contributed by atoms with Crippen LogP contribution in [0.25, 0.3) is 0 Å². The number of methoxy groups -OCH3 is 1. The van der Waals surface area contributed by atoms with Gasteiger partial charge in [-0.2, -0.15) is 0 Å². The number of carboxylic acids is 1. The molecule has 0 spiro atoms. The number of hydrogen-bond donors (Lipinski definition) is 1. The average Bonchev–Trinajstić information content (AvgIpc) is 2.27. The lowest BCUT2D eigenvalue weighted by Crippen LogP contribution is -2.28. The van der Waals surface area contributed by atoms with Crippen LogP contribution in [0.1, 0.15) is 19.3 Å². The monoisotopic (exact) mass is 210 g/mol. The molecule has 0 bridgehead atoms. The summed E-state index contributed by atoms with van der Waals surface area (Å²) >= 11 is 0. The van der Waals surface area contributed by atoms with Crippen LogP contribution < -0.4 is 0 Å². The number of carboxylic acid groups (broad SMARTS) is 1. The third-order valence-corrected chi connectivity index (χ3v) is 2.47. The van der Waals surface area contributed by atoms with Gasteiger partial charge in [-0.25, -0.2) is 0 Å². The average molecular weight is 210 g/mol. The van der Waals surface area contributed by atoms with E-state index in [1.165, 1.54) is 7.11 Å². The molecule has 0 saturated heterocycles. The number of hydrogen-bond acceptors (Lipinski definition) is 3. The zero-order valence-corrected chi connectivity index (χ0v) is 8.60. The summed E-state index contributed by atoms with van der Waals surface area (Å²) in [6.45, 7) is 0. The number of aliphatic carboxylic acids is 1. The van der Waals surface area contributed by atoms with Crippen molar-refractivity contribution in [3.63, 3.8) is 0 Å². The van der Waals surface area contributed by atoms with Crippen molar-refractivity contribution >= 4 is 11.9 Å². The fourth-order valence-electron chi connectivity index (χ4n) is 1.52. The molecule has 0 aromatic rings. The number of rotatable bonds is 4. The van der Waals surface area contributed by atoms with Gasteiger partial charge in [0.2, 0.25) is 0 Å². The SMILES string of the molecule is COC(=O)CCC1(C(=O)O)C=CCC=C1. The number of carbonyl (C=O) groups is 2. The molecule has 0 radical (unpaired) electrons. The maximum absolute atomic E-state index is 11.1. The van der Waals surface area contributed by atoms with Gasteiger partial charge in [0.05, 0.1) is 7.11 Å². The van der Waals surface area contributed by atoms with Crippen LogP contribution in [0, 0.1) is 5.41 Å². The molecule has 0 aromatic heterocycles. The first-order chi connectivity index (χ1) is 7.10. The maximum atomic E-state index is 11.1. The lowest BCUT2D eigenvalue weighted by atomic mass is 9.80. The summed E-state index contributed by atoms with van der Waals surface area (Å²) in [5.74, 6) is -1.32. The Bertz CT molecular complexity index is 303. The van der Waals surface area contributed by atoms with Gasteiger partial charge in [0.15, 0.2) is 0 Å². The highest BCUT2D eigenvalue weighted by Gasteiger charge is 2.34. The highest BCUT2D eigenvalue weighted by Crippen LogP contribution is 2.31. The first kappa shape index (κ1) is 11.5. The van der Waals surface area contributed by atoms with Gasteiger partial charge in [-0.05, 0) is 12.8 Å². The summed E-state index contributed by atoms with van der Waals surface area (Å²) in [5, 5.41) is 9.12. The van der Waals surface area contributed by atoms with Gasteiger partial charge in [-0.3, -0.25) is 9.59 Å². The number of carbonyl (C=O) groups excluding carboxylic acids is 1. The maximum Gasteiger partial charge on any atom is 0.317 e. The largest absolute Gasteiger partial charge is 0.480 e. The van der Waals surface area contributed by atoms with Crippen LogP contribution in [0.3, 0.4) is 0 Å². The van der Waals surface area contributed by atoms with E-state index < -0.39 is 11.4 Å². The van der Waals surface area contributed by atoms with Gasteiger partial charge in [-0.15, -0.1) is 0 Å². The lowest BCUT2D eigenvalue weighted by Gasteiger charge is -2.23. The van der Waals surface area contributed by atoms with E-state index in [2.05, 4.69) is 4.74 Å². The van der Waals surface area contributed by atoms with E-state index in [0.29, 0.717) is 0 Å². The molecule has 1 aliphatic carbocycles. The Morgan fingerprint density at radius 3 is 2.47 bits per heavy atom. The van der Waals surface area contributed by atoms with Crippen LogP contribution >= 0.6 is 0 Å². The predicted molar refractivity (Wildman–Crippen MR) is 54.2 cm³/mol. The first-order valence-electron chi connectivity index (χ1n) is 4.76. The molecular weight excluding hydrogens is 196 g/mol. The summed E-state index contributed by atoms with van der Waals surface area (Å²) in [6.07, 6.45) is 7.96. The van der Waals surface area contributed by atoms with E-state index in [-0.39, 0.29) is 18.8 Å². The van der Waals surface area contributed by atoms with E-state index in [9.17, 15) is 9.59 Å². The van der Waals surface area contributed by atoms with E-state index in [1.54, 1.807) is 24.3 Å². The fraction of sp³-hybridized carbons (Fsp3) is 0.455. The van der Waals surface area contributed by atoms with Crippen LogP contribution in [0.15, 0.2) is 24.3 Å². The molecule has 0 unspecified atom stereocenters. The molecule has 0 atom stereocenters. The van der Waals surface area contributed by atoms with Crippen molar-refractivity contribution in [3.8, 4) is 0 Å². The summed E-state index contributed by atoms with van der Waals surface area (Å²) in [6, 6.07) is 0. The van der Waals surface area contributed by atoms with E-state index in [1.807, 2.05) is 0 Å². The highest BCUT2D eigenvalue weighted by molar-refractivity contribution is 5.81. The minimum atomic E-state index is -1.04. The third-order valence-electron chi connectivity index (χ3n) is 2.47. The minimum absolute atomic E-state index is 0.109. The number of esters is 1. The van der Waals surface area contributed by atoms with Crippen molar-refractivity contribution in [1.82, 2.24) is 0 Å². The Labute approximate surface area is 88.2 Å². The Hall–Kier alpha value is -1.58. The summed E-state index contributed by atoms with van der Waals surface area (Å²) < 4.78 is 4.49. The Morgan fingerprint density at radius 1 is 1.40 bits per heavy atom. The Kier molecular flexibility index (Phi) is 3.66. The predicted octanol–water partition coefficient (Wildman–Crippen LogP) is 1.53. The second-order valence-corrected chi connectivity index (χ2v) is 3.46. The molecule has 0 fully saturated rings. The van der Waals surface area contributed by atoms with E-state index in [0.717, 1.165) is 6.42 Å². The van der Waals surface area contributed by atoms with Crippen molar-refractivity contribution in [2.45, 2.75) is 19.3 Å². The number of allylic oxidation sites excluding steroid dienone is 2. The van der Waals surface area contributed by atoms with Gasteiger partial charge in [0.25, 0.3) is 0 Å². The van der Waals surface area contributed by atoms with Gasteiger partial charge >= 0.3 is 11.9 Å². The smallest absolute Gasteiger partial charge is 0.317 e. The minimum Gasteiger partial charge on any atom is -0.480 e. The van der Waals surface area contributed by atoms with Crippen LogP contribution in [0.5, 0.6) is 0 Å². The molecule has 4 nitrogen and oxygen atoms in total. The topological polar surface area (TPSA) is 63.6 Å². The second kappa shape index (κ2) is 4.77. The van der Waals surface area contributed by atoms with Crippen LogP contribution in [0.4, 0.5) is 0 Å². The molecule has 4 heteroatoms. The summed E-state index contributed by atoms with van der Waals surface area (Å²) in [7, 11) is 1.29. The standard InChI is InChI=1S/C11H14O4/c1-15-9(12)5-8-11(10(13)14)6-3-2-4-7-11/h3-4,6-7H,2,5,8H2,1H3,(H,13,14). The van der Waals surface area contributed by atoms with Gasteiger partial charge in [0, 0.05) is 6.42 Å². The van der Waals surface area contributed by atoms with Gasteiger partial charge < -0.3 is 9.84 Å². The van der Waals surface area contributed by atoms with Gasteiger partial charge in [-0.1, -0.05) is 24.3 Å². The molecule has 1 aliphatic rings. The molecule has 0 aromatic carbocycles. The van der Waals surface area contributed by atoms with E-state index in [4.69, 9.17) is 5.11 Å². The van der Waals surface area contributed by atoms with Crippen molar-refractivity contribution in [2.75, 3.05) is 7.11 Å². The molecule has 1 N–H and O–H groups in total. The van der Waals surface area contributed by atoms with Crippen LogP contribution in [0.2, 0.25) is 0 Å². The molecule has 0 aliphatic heterocycles. The highest BCUT2D eigenvalue weighted by atomic mass is 16.5. The van der Waals surface area contributed by atoms with Crippen molar-refractivity contribution in [1.29, 1.82) is 0 Å². The quantitative estimate of drug-likeness (QED) is 0.564. The Morgan fingerprint density at radius 2 is 2.00 bits per heavy atom. The normalized spacial score (nSPS) is 17.4. The summed E-state index contributed by atoms with van der Waals surface area (Å²) in [4.78, 5) is 22.1. The zero-order valence-electron chi connectivity index (χ0n) is 8.60. The summed E-state index contributed by atoms with van der Waals surface area (Å²) in [5.41, 5.74) is -1.04. The van der Waals surface area contributed by atoms with Crippen molar-refractivity contribution in [3.05, 3.63) is 24.3 Å².